The highest BCUT2D eigenvalue weighted by atomic mass is 16.5. The Bertz CT molecular complexity index is 1530. The lowest BCUT2D eigenvalue weighted by atomic mass is 9.74. The number of fused-ring (bicyclic) bond motifs is 3. The van der Waals surface area contributed by atoms with E-state index in [-0.39, 0.29) is 75.9 Å². The van der Waals surface area contributed by atoms with Crippen molar-refractivity contribution in [2.45, 2.75) is 76.5 Å². The van der Waals surface area contributed by atoms with E-state index in [1.165, 1.54) is 19.1 Å². The van der Waals surface area contributed by atoms with Gasteiger partial charge in [0.25, 0.3) is 0 Å². The smallest absolute Gasteiger partial charge is 0.198 e. The van der Waals surface area contributed by atoms with Crippen LogP contribution in [0.15, 0.2) is 30.4 Å². The molecule has 0 spiro atoms. The van der Waals surface area contributed by atoms with Crippen LogP contribution in [-0.2, 0) is 20.7 Å². The van der Waals surface area contributed by atoms with Gasteiger partial charge in [-0.15, -0.1) is 0 Å². The number of hydrogen-bond acceptors (Lipinski definition) is 9. The van der Waals surface area contributed by atoms with Gasteiger partial charge in [0.1, 0.15) is 17.6 Å². The molecule has 2 aromatic rings. The molecule has 208 valence electrons. The van der Waals surface area contributed by atoms with Gasteiger partial charge in [0.15, 0.2) is 23.1 Å². The fourth-order valence-electron chi connectivity index (χ4n) is 6.57. The molecule has 9 heteroatoms. The van der Waals surface area contributed by atoms with Gasteiger partial charge in [-0.2, -0.15) is 0 Å². The lowest BCUT2D eigenvalue weighted by Crippen LogP contribution is -2.41. The molecule has 0 unspecified atom stereocenters. The number of carbonyl (C=O) groups excluding carboxylic acids is 4. The summed E-state index contributed by atoms with van der Waals surface area (Å²) in [5.74, 6) is -2.70. The zero-order valence-corrected chi connectivity index (χ0v) is 22.4. The molecule has 0 radical (unpaired) electrons. The molecule has 4 aliphatic rings. The summed E-state index contributed by atoms with van der Waals surface area (Å²) in [6, 6.07) is 4.31. The van der Waals surface area contributed by atoms with Crippen LogP contribution in [0, 0.1) is 5.92 Å². The number of aromatic hydroxyl groups is 2. The molecular formula is C31H30O9. The molecule has 2 heterocycles. The number of phenols is 2. The summed E-state index contributed by atoms with van der Waals surface area (Å²) in [5, 5.41) is 32.8. The predicted octanol–water partition coefficient (Wildman–Crippen LogP) is 3.52. The molecule has 1 fully saturated rings. The highest BCUT2D eigenvalue weighted by Crippen LogP contribution is 2.46. The van der Waals surface area contributed by atoms with Gasteiger partial charge in [0.2, 0.25) is 0 Å². The third kappa shape index (κ3) is 4.03. The largest absolute Gasteiger partial charge is 0.507 e. The standard InChI is InChI=1S/C31H30O9/c1-13-15(23-9-7-21(32)14(2)40-23)6-8-24(39-13)16-4-5-17-25(27(16)34)29(36)19-10-18-20(30(37)26(19)28(17)35)11-31(3,38)12-22(18)33/h4-5,7,9-10,13-15,23-24,34,37-38H,6,8,11-12H2,1-3H3/t13-,14+,15+,23-,24-,31-/m1/s1. The van der Waals surface area contributed by atoms with Crippen molar-refractivity contribution in [2.24, 2.45) is 5.92 Å². The van der Waals surface area contributed by atoms with Crippen molar-refractivity contribution >= 4 is 23.1 Å². The minimum atomic E-state index is -1.38. The van der Waals surface area contributed by atoms with Gasteiger partial charge >= 0.3 is 0 Å². The maximum absolute atomic E-state index is 13.7. The predicted molar refractivity (Wildman–Crippen MR) is 141 cm³/mol. The molecule has 40 heavy (non-hydrogen) atoms. The summed E-state index contributed by atoms with van der Waals surface area (Å²) < 4.78 is 12.1. The monoisotopic (exact) mass is 546 g/mol. The number of Topliss-reactive ketones (excluding diaryl/α,β-unsaturated/α-hetero) is 1. The molecule has 0 bridgehead atoms. The summed E-state index contributed by atoms with van der Waals surface area (Å²) >= 11 is 0. The van der Waals surface area contributed by atoms with Crippen molar-refractivity contribution < 1.29 is 44.0 Å². The van der Waals surface area contributed by atoms with Crippen LogP contribution >= 0.6 is 0 Å². The van der Waals surface area contributed by atoms with E-state index in [4.69, 9.17) is 9.47 Å². The second-order valence-electron chi connectivity index (χ2n) is 11.6. The molecule has 6 atom stereocenters. The Balaban J connectivity index is 1.33. The molecular weight excluding hydrogens is 516 g/mol. The van der Waals surface area contributed by atoms with Gasteiger partial charge < -0.3 is 24.8 Å². The van der Waals surface area contributed by atoms with Gasteiger partial charge in [0, 0.05) is 46.6 Å². The van der Waals surface area contributed by atoms with E-state index in [2.05, 4.69) is 0 Å². The quantitative estimate of drug-likeness (QED) is 0.439. The number of hydrogen-bond donors (Lipinski definition) is 3. The first kappa shape index (κ1) is 26.6. The first-order chi connectivity index (χ1) is 18.9. The van der Waals surface area contributed by atoms with Gasteiger partial charge in [-0.1, -0.05) is 12.1 Å². The number of ether oxygens (including phenoxy) is 2. The van der Waals surface area contributed by atoms with Crippen molar-refractivity contribution in [3.05, 3.63) is 69.3 Å². The van der Waals surface area contributed by atoms with E-state index in [1.807, 2.05) is 6.92 Å². The topological polar surface area (TPSA) is 147 Å². The van der Waals surface area contributed by atoms with Crippen molar-refractivity contribution in [3.63, 3.8) is 0 Å². The highest BCUT2D eigenvalue weighted by Gasteiger charge is 2.43. The van der Waals surface area contributed by atoms with Gasteiger partial charge in [-0.25, -0.2) is 0 Å². The van der Waals surface area contributed by atoms with Crippen molar-refractivity contribution in [2.75, 3.05) is 0 Å². The van der Waals surface area contributed by atoms with Gasteiger partial charge in [-0.05, 0) is 51.8 Å². The van der Waals surface area contributed by atoms with Crippen LogP contribution in [0.2, 0.25) is 0 Å². The van der Waals surface area contributed by atoms with E-state index in [1.54, 1.807) is 25.1 Å². The molecule has 2 aliphatic carbocycles. The first-order valence-electron chi connectivity index (χ1n) is 13.5. The zero-order valence-electron chi connectivity index (χ0n) is 22.4. The van der Waals surface area contributed by atoms with Crippen LogP contribution in [0.4, 0.5) is 0 Å². The highest BCUT2D eigenvalue weighted by molar-refractivity contribution is 6.31. The lowest BCUT2D eigenvalue weighted by Gasteiger charge is -2.40. The molecule has 0 amide bonds. The fraction of sp³-hybridized carbons (Fsp3) is 0.419. The molecule has 0 saturated carbocycles. The zero-order chi connectivity index (χ0) is 28.7. The summed E-state index contributed by atoms with van der Waals surface area (Å²) in [4.78, 5) is 51.7. The average molecular weight is 547 g/mol. The van der Waals surface area contributed by atoms with E-state index < -0.39 is 40.9 Å². The first-order valence-corrected chi connectivity index (χ1v) is 13.5. The Morgan fingerprint density at radius 3 is 2.27 bits per heavy atom. The van der Waals surface area contributed by atoms with Gasteiger partial charge in [-0.3, -0.25) is 19.2 Å². The fourth-order valence-corrected chi connectivity index (χ4v) is 6.57. The average Bonchev–Trinajstić information content (AvgIpc) is 2.89. The van der Waals surface area contributed by atoms with E-state index in [0.29, 0.717) is 18.4 Å². The number of rotatable bonds is 2. The Labute approximate surface area is 230 Å². The molecule has 0 aromatic heterocycles. The molecule has 3 N–H and O–H groups in total. The molecule has 2 aromatic carbocycles. The summed E-state index contributed by atoms with van der Waals surface area (Å²) in [6.45, 7) is 5.09. The van der Waals surface area contributed by atoms with E-state index >= 15 is 0 Å². The minimum absolute atomic E-state index is 0.00891. The van der Waals surface area contributed by atoms with Crippen LogP contribution in [0.1, 0.15) is 99.5 Å². The number of phenolic OH excluding ortho intramolecular Hbond substituents is 2. The third-order valence-electron chi connectivity index (χ3n) is 8.68. The van der Waals surface area contributed by atoms with Gasteiger partial charge in [0.05, 0.1) is 35.0 Å². The summed E-state index contributed by atoms with van der Waals surface area (Å²) in [7, 11) is 0. The second-order valence-corrected chi connectivity index (χ2v) is 11.6. The lowest BCUT2D eigenvalue weighted by molar-refractivity contribution is -0.143. The molecule has 9 nitrogen and oxygen atoms in total. The molecule has 2 aliphatic heterocycles. The van der Waals surface area contributed by atoms with E-state index in [0.717, 1.165) is 0 Å². The number of aliphatic hydroxyl groups is 1. The van der Waals surface area contributed by atoms with Crippen molar-refractivity contribution in [3.8, 4) is 11.5 Å². The second kappa shape index (κ2) is 9.19. The third-order valence-corrected chi connectivity index (χ3v) is 8.68. The van der Waals surface area contributed by atoms with Crippen molar-refractivity contribution in [1.29, 1.82) is 0 Å². The maximum atomic E-state index is 13.7. The molecule has 6 rings (SSSR count). The van der Waals surface area contributed by atoms with Crippen LogP contribution in [0.5, 0.6) is 11.5 Å². The van der Waals surface area contributed by atoms with Crippen LogP contribution in [0.25, 0.3) is 0 Å². The summed E-state index contributed by atoms with van der Waals surface area (Å²) in [6.07, 6.45) is 2.64. The Hall–Kier alpha value is -3.66. The summed E-state index contributed by atoms with van der Waals surface area (Å²) in [5.41, 5.74) is -1.40. The molecule has 1 saturated heterocycles. The minimum Gasteiger partial charge on any atom is -0.507 e. The number of carbonyl (C=O) groups is 4. The van der Waals surface area contributed by atoms with Crippen LogP contribution in [-0.4, -0.2) is 62.4 Å². The number of benzene rings is 2. The Morgan fingerprint density at radius 2 is 1.57 bits per heavy atom. The van der Waals surface area contributed by atoms with E-state index in [9.17, 15) is 34.5 Å². The number of ketones is 4. The SMILES string of the molecule is C[C@@H]1O[C@@H]([C@H]2CC[C@H](c3ccc4c(c3O)C(=O)c3cc5c(c(O)c3C4=O)C[C@@](C)(O)CC5=O)O[C@@H]2C)C=CC1=O. The van der Waals surface area contributed by atoms with Crippen LogP contribution < -0.4 is 0 Å². The van der Waals surface area contributed by atoms with Crippen molar-refractivity contribution in [1.82, 2.24) is 0 Å². The Kier molecular flexibility index (Phi) is 6.10. The normalized spacial score (nSPS) is 31.6. The maximum Gasteiger partial charge on any atom is 0.198 e. The van der Waals surface area contributed by atoms with Crippen LogP contribution in [0.3, 0.4) is 0 Å². The Morgan fingerprint density at radius 1 is 0.875 bits per heavy atom.